The first kappa shape index (κ1) is 21.0. The van der Waals surface area contributed by atoms with E-state index >= 15 is 0 Å². The predicted molar refractivity (Wildman–Crippen MR) is 108 cm³/mol. The Morgan fingerprint density at radius 2 is 1.79 bits per heavy atom. The molecule has 0 fully saturated rings. The summed E-state index contributed by atoms with van der Waals surface area (Å²) >= 11 is 1.39. The van der Waals surface area contributed by atoms with E-state index in [2.05, 4.69) is 5.32 Å². The fraction of sp³-hybridized carbons (Fsp3) is 0.381. The van der Waals surface area contributed by atoms with Crippen molar-refractivity contribution in [1.82, 2.24) is 0 Å². The fourth-order valence-corrected chi connectivity index (χ4v) is 4.57. The van der Waals surface area contributed by atoms with Gasteiger partial charge in [-0.25, -0.2) is 9.59 Å². The van der Waals surface area contributed by atoms with Crippen LogP contribution in [0.3, 0.4) is 0 Å². The van der Waals surface area contributed by atoms with Crippen LogP contribution in [0.1, 0.15) is 56.0 Å². The van der Waals surface area contributed by atoms with Gasteiger partial charge in [0.25, 0.3) is 5.91 Å². The summed E-state index contributed by atoms with van der Waals surface area (Å²) in [6.45, 7) is -0.588. The normalized spacial score (nSPS) is 13.2. The molecule has 0 spiro atoms. The second-order valence-electron chi connectivity index (χ2n) is 6.74. The molecule has 154 valence electrons. The van der Waals surface area contributed by atoms with Gasteiger partial charge in [-0.1, -0.05) is 18.6 Å². The number of hydrogen-bond donors (Lipinski definition) is 2. The number of nitrogens with one attached hydrogen (secondary N) is 1. The standard InChI is InChI=1S/C21H23NO6S/c1-27-21(26)18-15-5-3-2-4-6-16(15)29-19(18)22-17(24)12-28-20(25)14-9-7-13(11-23)8-10-14/h7-10,23H,2-6,11-12H2,1H3,(H,22,24). The van der Waals surface area contributed by atoms with Gasteiger partial charge in [0, 0.05) is 4.88 Å². The zero-order valence-electron chi connectivity index (χ0n) is 16.2. The average Bonchev–Trinajstić information content (AvgIpc) is 2.91. The van der Waals surface area contributed by atoms with Crippen LogP contribution in [0, 0.1) is 0 Å². The van der Waals surface area contributed by atoms with Gasteiger partial charge in [-0.15, -0.1) is 11.3 Å². The molecule has 2 aromatic rings. The van der Waals surface area contributed by atoms with Gasteiger partial charge in [-0.2, -0.15) is 0 Å². The number of aliphatic hydroxyl groups excluding tert-OH is 1. The van der Waals surface area contributed by atoms with Crippen molar-refractivity contribution >= 4 is 34.2 Å². The Morgan fingerprint density at radius 3 is 2.48 bits per heavy atom. The topological polar surface area (TPSA) is 102 Å². The largest absolute Gasteiger partial charge is 0.465 e. The van der Waals surface area contributed by atoms with E-state index in [1.54, 1.807) is 12.1 Å². The number of aryl methyl sites for hydroxylation is 1. The van der Waals surface area contributed by atoms with Crippen molar-refractivity contribution in [3.63, 3.8) is 0 Å². The number of rotatable bonds is 6. The maximum absolute atomic E-state index is 12.3. The summed E-state index contributed by atoms with van der Waals surface area (Å²) in [5.74, 6) is -1.63. The molecular weight excluding hydrogens is 394 g/mol. The third-order valence-electron chi connectivity index (χ3n) is 4.77. The number of benzene rings is 1. The third kappa shape index (κ3) is 5.02. The van der Waals surface area contributed by atoms with E-state index in [0.29, 0.717) is 16.1 Å². The fourth-order valence-electron chi connectivity index (χ4n) is 3.27. The van der Waals surface area contributed by atoms with Crippen LogP contribution in [0.2, 0.25) is 0 Å². The Labute approximate surface area is 172 Å². The van der Waals surface area contributed by atoms with Crippen molar-refractivity contribution in [3.05, 3.63) is 51.4 Å². The maximum Gasteiger partial charge on any atom is 0.341 e. The molecule has 7 nitrogen and oxygen atoms in total. The number of thiophene rings is 1. The van der Waals surface area contributed by atoms with Crippen LogP contribution >= 0.6 is 11.3 Å². The van der Waals surface area contributed by atoms with Gasteiger partial charge in [-0.05, 0) is 48.9 Å². The molecule has 1 aliphatic carbocycles. The number of ether oxygens (including phenoxy) is 2. The second-order valence-corrected chi connectivity index (χ2v) is 7.84. The minimum absolute atomic E-state index is 0.120. The molecule has 1 amide bonds. The summed E-state index contributed by atoms with van der Waals surface area (Å²) in [5.41, 5.74) is 2.32. The van der Waals surface area contributed by atoms with Gasteiger partial charge in [0.2, 0.25) is 0 Å². The molecule has 0 aliphatic heterocycles. The van der Waals surface area contributed by atoms with Crippen LogP contribution in [0.4, 0.5) is 5.00 Å². The lowest BCUT2D eigenvalue weighted by Crippen LogP contribution is -2.21. The monoisotopic (exact) mass is 417 g/mol. The molecule has 1 aliphatic rings. The van der Waals surface area contributed by atoms with Gasteiger partial charge < -0.3 is 19.9 Å². The summed E-state index contributed by atoms with van der Waals surface area (Å²) in [5, 5.41) is 12.2. The first-order valence-electron chi connectivity index (χ1n) is 9.43. The Morgan fingerprint density at radius 1 is 1.07 bits per heavy atom. The third-order valence-corrected chi connectivity index (χ3v) is 5.98. The Balaban J connectivity index is 1.67. The highest BCUT2D eigenvalue weighted by Gasteiger charge is 2.26. The van der Waals surface area contributed by atoms with Crippen molar-refractivity contribution in [1.29, 1.82) is 0 Å². The molecule has 0 bridgehead atoms. The lowest BCUT2D eigenvalue weighted by atomic mass is 10.1. The summed E-state index contributed by atoms with van der Waals surface area (Å²) in [7, 11) is 1.32. The van der Waals surface area contributed by atoms with E-state index in [1.807, 2.05) is 0 Å². The molecule has 1 aromatic carbocycles. The number of fused-ring (bicyclic) bond motifs is 1. The van der Waals surface area contributed by atoms with Crippen LogP contribution in [0.5, 0.6) is 0 Å². The summed E-state index contributed by atoms with van der Waals surface area (Å²) < 4.78 is 9.97. The number of carbonyl (C=O) groups excluding carboxylic acids is 3. The molecule has 0 saturated heterocycles. The molecule has 1 heterocycles. The van der Waals surface area contributed by atoms with Gasteiger partial charge >= 0.3 is 11.9 Å². The number of methoxy groups -OCH3 is 1. The molecular formula is C21H23NO6S. The summed E-state index contributed by atoms with van der Waals surface area (Å²) in [6.07, 6.45) is 4.81. The number of esters is 2. The number of aliphatic hydroxyl groups is 1. The maximum atomic E-state index is 12.3. The minimum Gasteiger partial charge on any atom is -0.465 e. The molecule has 0 atom stereocenters. The van der Waals surface area contributed by atoms with E-state index in [0.717, 1.165) is 42.5 Å². The highest BCUT2D eigenvalue weighted by Crippen LogP contribution is 2.37. The number of hydrogen-bond acceptors (Lipinski definition) is 7. The predicted octanol–water partition coefficient (Wildman–Crippen LogP) is 3.09. The van der Waals surface area contributed by atoms with Crippen LogP contribution in [-0.2, 0) is 33.7 Å². The van der Waals surface area contributed by atoms with Crippen molar-refractivity contribution in [2.75, 3.05) is 19.0 Å². The average molecular weight is 417 g/mol. The van der Waals surface area contributed by atoms with Crippen molar-refractivity contribution in [2.45, 2.75) is 38.7 Å². The second kappa shape index (κ2) is 9.67. The lowest BCUT2D eigenvalue weighted by molar-refractivity contribution is -0.119. The van der Waals surface area contributed by atoms with Crippen LogP contribution < -0.4 is 5.32 Å². The zero-order chi connectivity index (χ0) is 20.8. The Hall–Kier alpha value is -2.71. The van der Waals surface area contributed by atoms with Crippen molar-refractivity contribution in [3.8, 4) is 0 Å². The van der Waals surface area contributed by atoms with Crippen LogP contribution in [0.15, 0.2) is 24.3 Å². The van der Waals surface area contributed by atoms with E-state index in [-0.39, 0.29) is 12.2 Å². The quantitative estimate of drug-likeness (QED) is 0.553. The van der Waals surface area contributed by atoms with Crippen LogP contribution in [0.25, 0.3) is 0 Å². The Kier molecular flexibility index (Phi) is 7.00. The smallest absolute Gasteiger partial charge is 0.341 e. The van der Waals surface area contributed by atoms with Gasteiger partial charge in [0.15, 0.2) is 6.61 Å². The minimum atomic E-state index is -0.639. The van der Waals surface area contributed by atoms with E-state index in [9.17, 15) is 14.4 Å². The summed E-state index contributed by atoms with van der Waals surface area (Å²) in [6, 6.07) is 6.27. The molecule has 0 radical (unpaired) electrons. The lowest BCUT2D eigenvalue weighted by Gasteiger charge is -2.08. The highest BCUT2D eigenvalue weighted by molar-refractivity contribution is 7.17. The van der Waals surface area contributed by atoms with Gasteiger partial charge in [-0.3, -0.25) is 4.79 Å². The number of amides is 1. The Bertz CT molecular complexity index is 903. The molecule has 2 N–H and O–H groups in total. The molecule has 1 aromatic heterocycles. The van der Waals surface area contributed by atoms with E-state index < -0.39 is 24.5 Å². The molecule has 3 rings (SSSR count). The first-order valence-corrected chi connectivity index (χ1v) is 10.2. The van der Waals surface area contributed by atoms with E-state index in [1.165, 1.54) is 30.6 Å². The number of carbonyl (C=O) groups is 3. The van der Waals surface area contributed by atoms with Crippen molar-refractivity contribution in [2.24, 2.45) is 0 Å². The van der Waals surface area contributed by atoms with Gasteiger partial charge in [0.1, 0.15) is 5.00 Å². The zero-order valence-corrected chi connectivity index (χ0v) is 17.0. The van der Waals surface area contributed by atoms with Crippen LogP contribution in [-0.4, -0.2) is 36.7 Å². The van der Waals surface area contributed by atoms with Crippen molar-refractivity contribution < 1.29 is 29.0 Å². The molecule has 29 heavy (non-hydrogen) atoms. The summed E-state index contributed by atoms with van der Waals surface area (Å²) in [4.78, 5) is 37.8. The van der Waals surface area contributed by atoms with Gasteiger partial charge in [0.05, 0.1) is 24.8 Å². The molecule has 8 heteroatoms. The molecule has 0 unspecified atom stereocenters. The SMILES string of the molecule is COC(=O)c1c(NC(=O)COC(=O)c2ccc(CO)cc2)sc2c1CCCCC2. The van der Waals surface area contributed by atoms with E-state index in [4.69, 9.17) is 14.6 Å². The highest BCUT2D eigenvalue weighted by atomic mass is 32.1. The molecule has 0 saturated carbocycles. The first-order chi connectivity index (χ1) is 14.0. The number of anilines is 1.